The second-order valence-corrected chi connectivity index (χ2v) is 6.79. The Morgan fingerprint density at radius 1 is 1.25 bits per heavy atom. The molecule has 0 saturated carbocycles. The van der Waals surface area contributed by atoms with Gasteiger partial charge in [0.1, 0.15) is 5.75 Å². The van der Waals surface area contributed by atoms with Crippen molar-refractivity contribution in [2.45, 2.75) is 13.8 Å². The Balaban J connectivity index is 2.00. The van der Waals surface area contributed by atoms with Gasteiger partial charge in [-0.2, -0.15) is 10.1 Å². The van der Waals surface area contributed by atoms with Crippen molar-refractivity contribution in [3.05, 3.63) is 63.1 Å². The van der Waals surface area contributed by atoms with Crippen LogP contribution in [-0.4, -0.2) is 29.3 Å². The molecule has 6 nitrogen and oxygen atoms in total. The van der Waals surface area contributed by atoms with Gasteiger partial charge in [-0.1, -0.05) is 23.2 Å². The van der Waals surface area contributed by atoms with Gasteiger partial charge in [-0.3, -0.25) is 4.79 Å². The highest BCUT2D eigenvalue weighted by Crippen LogP contribution is 2.31. The zero-order chi connectivity index (χ0) is 20.4. The van der Waals surface area contributed by atoms with Crippen LogP contribution >= 0.6 is 23.2 Å². The van der Waals surface area contributed by atoms with Crippen molar-refractivity contribution in [3.8, 4) is 5.75 Å². The summed E-state index contributed by atoms with van der Waals surface area (Å²) in [5, 5.41) is 15.3. The third-order valence-corrected chi connectivity index (χ3v) is 4.62. The number of carboxylic acid groups (broad SMARTS) is 1. The van der Waals surface area contributed by atoms with Crippen LogP contribution < -0.4 is 9.75 Å². The van der Waals surface area contributed by atoms with E-state index in [-0.39, 0.29) is 10.6 Å². The Kier molecular flexibility index (Phi) is 5.72. The predicted molar refractivity (Wildman–Crippen MR) is 110 cm³/mol. The maximum absolute atomic E-state index is 12.9. The Hall–Kier alpha value is -2.83. The summed E-state index contributed by atoms with van der Waals surface area (Å²) < 4.78 is 5.59. The molecule has 1 amide bonds. The highest BCUT2D eigenvalue weighted by molar-refractivity contribution is 6.34. The second kappa shape index (κ2) is 8.04. The zero-order valence-corrected chi connectivity index (χ0v) is 16.6. The lowest BCUT2D eigenvalue weighted by Crippen LogP contribution is -2.21. The molecule has 1 heterocycles. The molecule has 0 radical (unpaired) electrons. The van der Waals surface area contributed by atoms with E-state index >= 15 is 0 Å². The van der Waals surface area contributed by atoms with Crippen molar-refractivity contribution in [3.63, 3.8) is 0 Å². The lowest BCUT2D eigenvalue weighted by Gasteiger charge is -2.13. The molecule has 28 heavy (non-hydrogen) atoms. The minimum atomic E-state index is -1.18. The number of hydrazone groups is 1. The van der Waals surface area contributed by atoms with E-state index in [1.807, 2.05) is 6.92 Å². The van der Waals surface area contributed by atoms with Crippen molar-refractivity contribution in [1.82, 2.24) is 0 Å². The molecule has 144 valence electrons. The predicted octanol–water partition coefficient (Wildman–Crippen LogP) is 4.90. The number of anilines is 1. The van der Waals surface area contributed by atoms with E-state index in [0.29, 0.717) is 39.9 Å². The van der Waals surface area contributed by atoms with Crippen molar-refractivity contribution >= 4 is 52.6 Å². The number of hydrogen-bond donors (Lipinski definition) is 1. The normalized spacial score (nSPS) is 15.1. The zero-order valence-electron chi connectivity index (χ0n) is 15.1. The molecular formula is C20H16Cl2N2O4. The van der Waals surface area contributed by atoms with Crippen LogP contribution in [0.1, 0.15) is 29.8 Å². The standard InChI is InChI=1S/C20H16Cl2N2O4/c1-3-28-18-7-4-13(21)8-12(18)9-15-11(2)23-24(19(15)25)14-5-6-17(22)16(10-14)20(26)27/h4-10H,3H2,1-2H3,(H,26,27). The molecule has 2 aromatic rings. The monoisotopic (exact) mass is 418 g/mol. The number of halogens is 2. The van der Waals surface area contributed by atoms with Crippen LogP contribution in [0.3, 0.4) is 0 Å². The molecule has 3 rings (SSSR count). The number of benzene rings is 2. The average Bonchev–Trinajstić information content (AvgIpc) is 2.92. The number of hydrogen-bond acceptors (Lipinski definition) is 4. The summed E-state index contributed by atoms with van der Waals surface area (Å²) in [5.41, 5.74) is 1.70. The number of aromatic carboxylic acids is 1. The van der Waals surface area contributed by atoms with E-state index < -0.39 is 11.9 Å². The Morgan fingerprint density at radius 2 is 2.00 bits per heavy atom. The van der Waals surface area contributed by atoms with Crippen molar-refractivity contribution in [2.75, 3.05) is 11.6 Å². The molecule has 0 fully saturated rings. The molecule has 0 aromatic heterocycles. The molecule has 0 unspecified atom stereocenters. The first-order valence-corrected chi connectivity index (χ1v) is 9.14. The topological polar surface area (TPSA) is 79.2 Å². The molecule has 0 atom stereocenters. The summed E-state index contributed by atoms with van der Waals surface area (Å²) in [7, 11) is 0. The van der Waals surface area contributed by atoms with Gasteiger partial charge in [0.25, 0.3) is 5.91 Å². The molecule has 1 aliphatic rings. The fourth-order valence-electron chi connectivity index (χ4n) is 2.74. The lowest BCUT2D eigenvalue weighted by atomic mass is 10.1. The number of ether oxygens (including phenoxy) is 1. The lowest BCUT2D eigenvalue weighted by molar-refractivity contribution is -0.114. The SMILES string of the molecule is CCOc1ccc(Cl)cc1C=C1C(=O)N(c2ccc(Cl)c(C(=O)O)c2)N=C1C. The molecule has 1 aliphatic heterocycles. The van der Waals surface area contributed by atoms with Gasteiger partial charge < -0.3 is 9.84 Å². The Morgan fingerprint density at radius 3 is 2.68 bits per heavy atom. The highest BCUT2D eigenvalue weighted by Gasteiger charge is 2.29. The summed E-state index contributed by atoms with van der Waals surface area (Å²) in [6, 6.07) is 9.42. The first-order valence-electron chi connectivity index (χ1n) is 8.38. The number of amides is 1. The molecule has 2 aromatic carbocycles. The van der Waals surface area contributed by atoms with Crippen LogP contribution in [0.4, 0.5) is 5.69 Å². The van der Waals surface area contributed by atoms with E-state index in [4.69, 9.17) is 27.9 Å². The quantitative estimate of drug-likeness (QED) is 0.700. The maximum Gasteiger partial charge on any atom is 0.337 e. The smallest absolute Gasteiger partial charge is 0.337 e. The molecule has 0 bridgehead atoms. The molecular weight excluding hydrogens is 403 g/mol. The molecule has 0 aliphatic carbocycles. The fraction of sp³-hybridized carbons (Fsp3) is 0.150. The van der Waals surface area contributed by atoms with Gasteiger partial charge >= 0.3 is 5.97 Å². The van der Waals surface area contributed by atoms with E-state index in [9.17, 15) is 14.7 Å². The number of rotatable bonds is 5. The van der Waals surface area contributed by atoms with E-state index in [0.717, 1.165) is 5.01 Å². The summed E-state index contributed by atoms with van der Waals surface area (Å²) in [6.45, 7) is 4.03. The largest absolute Gasteiger partial charge is 0.493 e. The van der Waals surface area contributed by atoms with Crippen LogP contribution in [0, 0.1) is 0 Å². The molecule has 0 saturated heterocycles. The van der Waals surface area contributed by atoms with Gasteiger partial charge in [-0.25, -0.2) is 4.79 Å². The van der Waals surface area contributed by atoms with Gasteiger partial charge in [0.15, 0.2) is 0 Å². The van der Waals surface area contributed by atoms with Crippen molar-refractivity contribution in [2.24, 2.45) is 5.10 Å². The van der Waals surface area contributed by atoms with Gasteiger partial charge in [-0.15, -0.1) is 0 Å². The van der Waals surface area contributed by atoms with Gasteiger partial charge in [0, 0.05) is 10.6 Å². The molecule has 0 spiro atoms. The summed E-state index contributed by atoms with van der Waals surface area (Å²) in [4.78, 5) is 24.2. The first kappa shape index (κ1) is 19.9. The third-order valence-electron chi connectivity index (χ3n) is 4.06. The summed E-state index contributed by atoms with van der Waals surface area (Å²) in [5.74, 6) is -0.980. The number of carbonyl (C=O) groups is 2. The van der Waals surface area contributed by atoms with Crippen molar-refractivity contribution in [1.29, 1.82) is 0 Å². The summed E-state index contributed by atoms with van der Waals surface area (Å²) in [6.07, 6.45) is 1.66. The number of nitrogens with zero attached hydrogens (tertiary/aromatic N) is 2. The van der Waals surface area contributed by atoms with Crippen LogP contribution in [0.15, 0.2) is 47.1 Å². The number of carboxylic acids is 1. The average molecular weight is 419 g/mol. The second-order valence-electron chi connectivity index (χ2n) is 5.94. The molecule has 8 heteroatoms. The first-order chi connectivity index (χ1) is 13.3. The van der Waals surface area contributed by atoms with Crippen LogP contribution in [0.2, 0.25) is 10.0 Å². The maximum atomic E-state index is 12.9. The van der Waals surface area contributed by atoms with Crippen LogP contribution in [0.25, 0.3) is 6.08 Å². The minimum absolute atomic E-state index is 0.0830. The van der Waals surface area contributed by atoms with E-state index in [1.165, 1.54) is 18.2 Å². The highest BCUT2D eigenvalue weighted by atomic mass is 35.5. The number of carbonyl (C=O) groups excluding carboxylic acids is 1. The van der Waals surface area contributed by atoms with Crippen LogP contribution in [0.5, 0.6) is 5.75 Å². The van der Waals surface area contributed by atoms with Crippen molar-refractivity contribution < 1.29 is 19.4 Å². The van der Waals surface area contributed by atoms with Crippen LogP contribution in [-0.2, 0) is 4.79 Å². The third kappa shape index (κ3) is 3.88. The Labute approximate surface area is 171 Å². The van der Waals surface area contributed by atoms with Gasteiger partial charge in [0.05, 0.1) is 34.2 Å². The van der Waals surface area contributed by atoms with E-state index in [1.54, 1.807) is 31.2 Å². The van der Waals surface area contributed by atoms with E-state index in [2.05, 4.69) is 5.10 Å². The molecule has 1 N–H and O–H groups in total. The van der Waals surface area contributed by atoms with Gasteiger partial charge in [0.2, 0.25) is 0 Å². The fourth-order valence-corrected chi connectivity index (χ4v) is 3.12. The Bertz CT molecular complexity index is 1030. The summed E-state index contributed by atoms with van der Waals surface area (Å²) >= 11 is 12.0. The minimum Gasteiger partial charge on any atom is -0.493 e. The van der Waals surface area contributed by atoms with Gasteiger partial charge in [-0.05, 0) is 56.3 Å².